The maximum Gasteiger partial charge on any atom is 0.317 e. The van der Waals surface area contributed by atoms with Crippen molar-refractivity contribution >= 4 is 17.3 Å². The summed E-state index contributed by atoms with van der Waals surface area (Å²) in [6, 6.07) is 3.81. The van der Waals surface area contributed by atoms with E-state index in [1.54, 1.807) is 11.0 Å². The summed E-state index contributed by atoms with van der Waals surface area (Å²) in [4.78, 5) is 17.5. The van der Waals surface area contributed by atoms with Crippen molar-refractivity contribution in [2.24, 2.45) is 0 Å². The Bertz CT molecular complexity index is 550. The Hall–Kier alpha value is -1.99. The van der Waals surface area contributed by atoms with Gasteiger partial charge >= 0.3 is 5.97 Å². The van der Waals surface area contributed by atoms with Gasteiger partial charge in [0.25, 0.3) is 0 Å². The number of hydrogen-bond donors (Lipinski definition) is 1. The number of aromatic nitrogens is 2. The van der Waals surface area contributed by atoms with Gasteiger partial charge < -0.3 is 9.63 Å². The summed E-state index contributed by atoms with van der Waals surface area (Å²) in [5.74, 6) is 0.0187. The van der Waals surface area contributed by atoms with Gasteiger partial charge in [0.05, 0.1) is 18.0 Å². The second kappa shape index (κ2) is 6.26. The standard InChI is InChI=1S/C12H13N3O3S/c1-2-5-15(8-11(16)17)7-10-13-12(14-18-10)9-4-3-6-19-9/h2-4,6H,1,5,7-8H2,(H,16,17). The molecule has 0 aromatic carbocycles. The molecule has 0 fully saturated rings. The van der Waals surface area contributed by atoms with Crippen molar-refractivity contribution in [2.45, 2.75) is 6.54 Å². The van der Waals surface area contributed by atoms with E-state index in [2.05, 4.69) is 16.7 Å². The number of carboxylic acids is 1. The Morgan fingerprint density at radius 2 is 2.47 bits per heavy atom. The zero-order chi connectivity index (χ0) is 13.7. The van der Waals surface area contributed by atoms with Gasteiger partial charge in [-0.2, -0.15) is 4.98 Å². The van der Waals surface area contributed by atoms with Gasteiger partial charge in [0.15, 0.2) is 0 Å². The minimum atomic E-state index is -0.903. The maximum absolute atomic E-state index is 10.7. The van der Waals surface area contributed by atoms with Gasteiger partial charge in [-0.15, -0.1) is 17.9 Å². The summed E-state index contributed by atoms with van der Waals surface area (Å²) in [5.41, 5.74) is 0. The second-order valence-electron chi connectivity index (χ2n) is 3.84. The van der Waals surface area contributed by atoms with Crippen LogP contribution in [0.3, 0.4) is 0 Å². The highest BCUT2D eigenvalue weighted by Crippen LogP contribution is 2.21. The zero-order valence-corrected chi connectivity index (χ0v) is 11.0. The number of nitrogens with zero attached hydrogens (tertiary/aromatic N) is 3. The van der Waals surface area contributed by atoms with Gasteiger partial charge in [-0.25, -0.2) is 0 Å². The lowest BCUT2D eigenvalue weighted by Crippen LogP contribution is -2.29. The smallest absolute Gasteiger partial charge is 0.317 e. The van der Waals surface area contributed by atoms with E-state index in [0.717, 1.165) is 4.88 Å². The molecular weight excluding hydrogens is 266 g/mol. The summed E-state index contributed by atoms with van der Waals surface area (Å²) in [7, 11) is 0. The largest absolute Gasteiger partial charge is 0.480 e. The predicted octanol–water partition coefficient (Wildman–Crippen LogP) is 1.87. The van der Waals surface area contributed by atoms with Gasteiger partial charge in [0.1, 0.15) is 0 Å². The lowest BCUT2D eigenvalue weighted by molar-refractivity contribution is -0.138. The first-order valence-corrected chi connectivity index (χ1v) is 6.48. The summed E-state index contributed by atoms with van der Waals surface area (Å²) in [6.45, 7) is 4.24. The van der Waals surface area contributed by atoms with E-state index in [1.807, 2.05) is 17.5 Å². The predicted molar refractivity (Wildman–Crippen MR) is 70.7 cm³/mol. The van der Waals surface area contributed by atoms with Crippen LogP contribution in [0.4, 0.5) is 0 Å². The molecule has 0 atom stereocenters. The molecule has 0 aliphatic heterocycles. The van der Waals surface area contributed by atoms with Crippen molar-refractivity contribution < 1.29 is 14.4 Å². The number of carbonyl (C=O) groups is 1. The molecular formula is C12H13N3O3S. The molecule has 100 valence electrons. The highest BCUT2D eigenvalue weighted by Gasteiger charge is 2.14. The molecule has 0 saturated carbocycles. The molecule has 0 aliphatic rings. The van der Waals surface area contributed by atoms with Crippen LogP contribution in [-0.2, 0) is 11.3 Å². The van der Waals surface area contributed by atoms with Crippen LogP contribution in [0.1, 0.15) is 5.89 Å². The van der Waals surface area contributed by atoms with E-state index < -0.39 is 5.97 Å². The average Bonchev–Trinajstić information content (AvgIpc) is 2.97. The second-order valence-corrected chi connectivity index (χ2v) is 4.79. The summed E-state index contributed by atoms with van der Waals surface area (Å²) < 4.78 is 5.12. The lowest BCUT2D eigenvalue weighted by Gasteiger charge is -2.15. The van der Waals surface area contributed by atoms with Crippen LogP contribution < -0.4 is 0 Å². The minimum absolute atomic E-state index is 0.0945. The Balaban J connectivity index is 2.05. The molecule has 7 heteroatoms. The van der Waals surface area contributed by atoms with Crippen LogP contribution in [0.2, 0.25) is 0 Å². The van der Waals surface area contributed by atoms with E-state index in [4.69, 9.17) is 9.63 Å². The molecule has 19 heavy (non-hydrogen) atoms. The van der Waals surface area contributed by atoms with Crippen LogP contribution in [-0.4, -0.2) is 39.2 Å². The van der Waals surface area contributed by atoms with Gasteiger partial charge in [-0.05, 0) is 11.4 Å². The van der Waals surface area contributed by atoms with E-state index in [0.29, 0.717) is 18.3 Å². The Morgan fingerprint density at radius 1 is 1.63 bits per heavy atom. The Kier molecular flexibility index (Phi) is 4.43. The summed E-state index contributed by atoms with van der Waals surface area (Å²) in [5, 5.41) is 14.6. The third-order valence-electron chi connectivity index (χ3n) is 2.31. The van der Waals surface area contributed by atoms with E-state index in [-0.39, 0.29) is 13.1 Å². The van der Waals surface area contributed by atoms with Crippen molar-refractivity contribution in [3.63, 3.8) is 0 Å². The quantitative estimate of drug-likeness (QED) is 0.779. The monoisotopic (exact) mass is 279 g/mol. The highest BCUT2D eigenvalue weighted by atomic mass is 32.1. The first-order valence-electron chi connectivity index (χ1n) is 5.60. The van der Waals surface area contributed by atoms with Crippen LogP contribution in [0.5, 0.6) is 0 Å². The molecule has 0 spiro atoms. The van der Waals surface area contributed by atoms with Crippen molar-refractivity contribution in [1.82, 2.24) is 15.0 Å². The summed E-state index contributed by atoms with van der Waals surface area (Å²) in [6.07, 6.45) is 1.64. The number of hydrogen-bond acceptors (Lipinski definition) is 6. The zero-order valence-electron chi connectivity index (χ0n) is 10.2. The highest BCUT2D eigenvalue weighted by molar-refractivity contribution is 7.13. The third-order valence-corrected chi connectivity index (χ3v) is 3.18. The normalized spacial score (nSPS) is 10.8. The molecule has 1 N–H and O–H groups in total. The van der Waals surface area contributed by atoms with Gasteiger partial charge in [0.2, 0.25) is 11.7 Å². The molecule has 0 amide bonds. The molecule has 6 nitrogen and oxygen atoms in total. The molecule has 0 radical (unpaired) electrons. The molecule has 0 aliphatic carbocycles. The number of carboxylic acid groups (broad SMARTS) is 1. The van der Waals surface area contributed by atoms with Crippen molar-refractivity contribution in [1.29, 1.82) is 0 Å². The van der Waals surface area contributed by atoms with Crippen LogP contribution in [0.15, 0.2) is 34.7 Å². The molecule has 0 unspecified atom stereocenters. The first kappa shape index (κ1) is 13.4. The minimum Gasteiger partial charge on any atom is -0.480 e. The van der Waals surface area contributed by atoms with Crippen LogP contribution in [0.25, 0.3) is 10.7 Å². The van der Waals surface area contributed by atoms with Crippen molar-refractivity contribution in [3.8, 4) is 10.7 Å². The van der Waals surface area contributed by atoms with E-state index >= 15 is 0 Å². The topological polar surface area (TPSA) is 79.5 Å². The molecule has 0 bridgehead atoms. The van der Waals surface area contributed by atoms with Gasteiger partial charge in [-0.1, -0.05) is 17.3 Å². The fourth-order valence-corrected chi connectivity index (χ4v) is 2.22. The van der Waals surface area contributed by atoms with Crippen molar-refractivity contribution in [2.75, 3.05) is 13.1 Å². The molecule has 2 aromatic rings. The molecule has 0 saturated heterocycles. The fraction of sp³-hybridized carbons (Fsp3) is 0.250. The average molecular weight is 279 g/mol. The van der Waals surface area contributed by atoms with Crippen LogP contribution in [0, 0.1) is 0 Å². The SMILES string of the molecule is C=CCN(CC(=O)O)Cc1nc(-c2cccs2)no1. The lowest BCUT2D eigenvalue weighted by atomic mass is 10.4. The Labute approximate surface area is 114 Å². The van der Waals surface area contributed by atoms with Gasteiger partial charge in [0, 0.05) is 6.54 Å². The summed E-state index contributed by atoms with van der Waals surface area (Å²) >= 11 is 1.52. The van der Waals surface area contributed by atoms with E-state index in [1.165, 1.54) is 11.3 Å². The first-order chi connectivity index (χ1) is 9.19. The molecule has 2 heterocycles. The molecule has 2 aromatic heterocycles. The van der Waals surface area contributed by atoms with Crippen molar-refractivity contribution in [3.05, 3.63) is 36.1 Å². The number of rotatable bonds is 7. The number of thiophene rings is 1. The fourth-order valence-electron chi connectivity index (χ4n) is 1.58. The van der Waals surface area contributed by atoms with Gasteiger partial charge in [-0.3, -0.25) is 9.69 Å². The maximum atomic E-state index is 10.7. The van der Waals surface area contributed by atoms with Crippen LogP contribution >= 0.6 is 11.3 Å². The van der Waals surface area contributed by atoms with E-state index in [9.17, 15) is 4.79 Å². The third kappa shape index (κ3) is 3.73. The molecule has 2 rings (SSSR count). The number of aliphatic carboxylic acids is 1. The Morgan fingerprint density at radius 3 is 3.11 bits per heavy atom.